The van der Waals surface area contributed by atoms with E-state index in [1.54, 1.807) is 4.90 Å². The van der Waals surface area contributed by atoms with E-state index >= 15 is 0 Å². The maximum atomic E-state index is 13.4. The van der Waals surface area contributed by atoms with Gasteiger partial charge >= 0.3 is 0 Å². The van der Waals surface area contributed by atoms with Crippen molar-refractivity contribution in [3.05, 3.63) is 71.3 Å². The molecule has 0 bridgehead atoms. The number of hydrogen-bond acceptors (Lipinski definition) is 2. The maximum Gasteiger partial charge on any atom is 0.243 e. The minimum atomic E-state index is -0.506. The molecule has 0 aromatic heterocycles. The number of carbonyl (C=O) groups excluding carboxylic acids is 2. The lowest BCUT2D eigenvalue weighted by Gasteiger charge is -2.32. The summed E-state index contributed by atoms with van der Waals surface area (Å²) in [6.45, 7) is 4.51. The van der Waals surface area contributed by atoms with Gasteiger partial charge in [0.25, 0.3) is 0 Å². The zero-order valence-corrected chi connectivity index (χ0v) is 18.3. The first-order chi connectivity index (χ1) is 14.6. The molecule has 1 aliphatic carbocycles. The summed E-state index contributed by atoms with van der Waals surface area (Å²) >= 11 is 0. The molecule has 0 aliphatic heterocycles. The largest absolute Gasteiger partial charge is 0.352 e. The van der Waals surface area contributed by atoms with Crippen molar-refractivity contribution in [1.82, 2.24) is 10.2 Å². The monoisotopic (exact) mass is 406 g/mol. The van der Waals surface area contributed by atoms with Gasteiger partial charge in [-0.15, -0.1) is 0 Å². The van der Waals surface area contributed by atoms with Crippen LogP contribution in [0.15, 0.2) is 54.6 Å². The molecule has 2 amide bonds. The quantitative estimate of drug-likeness (QED) is 0.651. The Kier molecular flexibility index (Phi) is 8.06. The Labute approximate surface area is 180 Å². The molecule has 30 heavy (non-hydrogen) atoms. The number of nitrogens with one attached hydrogen (secondary N) is 1. The van der Waals surface area contributed by atoms with E-state index in [1.807, 2.05) is 37.3 Å². The molecule has 1 atom stereocenters. The van der Waals surface area contributed by atoms with Gasteiger partial charge in [-0.3, -0.25) is 9.59 Å². The Hall–Kier alpha value is -2.62. The smallest absolute Gasteiger partial charge is 0.243 e. The van der Waals surface area contributed by atoms with Gasteiger partial charge in [0.1, 0.15) is 6.04 Å². The fourth-order valence-corrected chi connectivity index (χ4v) is 4.17. The summed E-state index contributed by atoms with van der Waals surface area (Å²) < 4.78 is 0. The van der Waals surface area contributed by atoms with Crippen LogP contribution in [0.3, 0.4) is 0 Å². The summed E-state index contributed by atoms with van der Waals surface area (Å²) in [6.07, 6.45) is 6.14. The van der Waals surface area contributed by atoms with E-state index in [0.29, 0.717) is 19.4 Å². The molecule has 0 saturated heterocycles. The van der Waals surface area contributed by atoms with Gasteiger partial charge in [-0.1, -0.05) is 79.9 Å². The van der Waals surface area contributed by atoms with Crippen LogP contribution >= 0.6 is 0 Å². The lowest BCUT2D eigenvalue weighted by atomic mass is 10.0. The highest BCUT2D eigenvalue weighted by Crippen LogP contribution is 2.20. The average Bonchev–Trinajstić information content (AvgIpc) is 3.26. The van der Waals surface area contributed by atoms with Gasteiger partial charge in [0.05, 0.1) is 0 Å². The predicted octanol–water partition coefficient (Wildman–Crippen LogP) is 4.79. The lowest BCUT2D eigenvalue weighted by molar-refractivity contribution is -0.141. The Morgan fingerprint density at radius 2 is 1.67 bits per heavy atom. The molecule has 3 rings (SSSR count). The van der Waals surface area contributed by atoms with Crippen LogP contribution in [0.2, 0.25) is 0 Å². The maximum absolute atomic E-state index is 13.4. The van der Waals surface area contributed by atoms with Crippen LogP contribution in [0.25, 0.3) is 0 Å². The van der Waals surface area contributed by atoms with Gasteiger partial charge < -0.3 is 10.2 Å². The second-order valence-corrected chi connectivity index (χ2v) is 8.45. The lowest BCUT2D eigenvalue weighted by Crippen LogP contribution is -2.52. The third kappa shape index (κ3) is 6.19. The van der Waals surface area contributed by atoms with Crippen molar-refractivity contribution in [1.29, 1.82) is 0 Å². The highest BCUT2D eigenvalue weighted by atomic mass is 16.2. The van der Waals surface area contributed by atoms with Crippen molar-refractivity contribution in [2.45, 2.75) is 77.4 Å². The molecule has 1 N–H and O–H groups in total. The molecule has 4 heteroatoms. The Morgan fingerprint density at radius 3 is 2.30 bits per heavy atom. The van der Waals surface area contributed by atoms with E-state index in [1.165, 1.54) is 5.56 Å². The van der Waals surface area contributed by atoms with Crippen molar-refractivity contribution >= 4 is 11.8 Å². The predicted molar refractivity (Wildman–Crippen MR) is 121 cm³/mol. The topological polar surface area (TPSA) is 49.4 Å². The molecule has 2 aromatic rings. The number of rotatable bonds is 9. The number of hydrogen-bond donors (Lipinski definition) is 1. The van der Waals surface area contributed by atoms with Crippen molar-refractivity contribution in [3.8, 4) is 0 Å². The Bertz CT molecular complexity index is 811. The zero-order valence-electron chi connectivity index (χ0n) is 18.3. The zero-order chi connectivity index (χ0) is 21.3. The minimum absolute atomic E-state index is 0.0256. The van der Waals surface area contributed by atoms with Gasteiger partial charge in [-0.2, -0.15) is 0 Å². The first kappa shape index (κ1) is 22.1. The fraction of sp³-hybridized carbons (Fsp3) is 0.462. The molecule has 0 heterocycles. The van der Waals surface area contributed by atoms with Crippen LogP contribution in [0, 0.1) is 6.92 Å². The van der Waals surface area contributed by atoms with Crippen molar-refractivity contribution in [2.75, 3.05) is 0 Å². The van der Waals surface area contributed by atoms with Crippen LogP contribution in [-0.2, 0) is 22.6 Å². The molecular formula is C26H34N2O2. The molecule has 0 unspecified atom stereocenters. The minimum Gasteiger partial charge on any atom is -0.352 e. The SMILES string of the molecule is CCCC(=O)N(Cc1ccc(C)cc1)[C@H](Cc1ccccc1)C(=O)NC1CCCC1. The van der Waals surface area contributed by atoms with E-state index in [-0.39, 0.29) is 17.9 Å². The third-order valence-electron chi connectivity index (χ3n) is 5.91. The molecular weight excluding hydrogens is 372 g/mol. The van der Waals surface area contributed by atoms with Gasteiger partial charge in [-0.05, 0) is 37.3 Å². The van der Waals surface area contributed by atoms with Crippen LogP contribution in [0.4, 0.5) is 0 Å². The standard InChI is InChI=1S/C26H34N2O2/c1-3-9-25(29)28(19-22-16-14-20(2)15-17-22)24(18-21-10-5-4-6-11-21)26(30)27-23-12-7-8-13-23/h4-6,10-11,14-17,23-24H,3,7-9,12-13,18-19H2,1-2H3,(H,27,30)/t24-/m1/s1. The van der Waals surface area contributed by atoms with Gasteiger partial charge in [0.15, 0.2) is 0 Å². The Morgan fingerprint density at radius 1 is 1.00 bits per heavy atom. The van der Waals surface area contributed by atoms with E-state index in [9.17, 15) is 9.59 Å². The highest BCUT2D eigenvalue weighted by molar-refractivity contribution is 5.88. The van der Waals surface area contributed by atoms with E-state index < -0.39 is 6.04 Å². The molecule has 1 saturated carbocycles. The molecule has 4 nitrogen and oxygen atoms in total. The molecule has 0 radical (unpaired) electrons. The van der Waals surface area contributed by atoms with E-state index in [0.717, 1.165) is 43.2 Å². The van der Waals surface area contributed by atoms with Crippen LogP contribution in [0.5, 0.6) is 0 Å². The number of benzene rings is 2. The van der Waals surface area contributed by atoms with Crippen molar-refractivity contribution < 1.29 is 9.59 Å². The number of nitrogens with zero attached hydrogens (tertiary/aromatic N) is 1. The summed E-state index contributed by atoms with van der Waals surface area (Å²) in [5.41, 5.74) is 3.31. The average molecular weight is 407 g/mol. The summed E-state index contributed by atoms with van der Waals surface area (Å²) in [7, 11) is 0. The van der Waals surface area contributed by atoms with Gasteiger partial charge in [-0.25, -0.2) is 0 Å². The summed E-state index contributed by atoms with van der Waals surface area (Å²) in [4.78, 5) is 28.3. The number of amides is 2. The van der Waals surface area contributed by atoms with Crippen molar-refractivity contribution in [3.63, 3.8) is 0 Å². The molecule has 0 spiro atoms. The first-order valence-electron chi connectivity index (χ1n) is 11.3. The van der Waals surface area contributed by atoms with E-state index in [2.05, 4.69) is 36.5 Å². The Balaban J connectivity index is 1.87. The number of aryl methyl sites for hydroxylation is 1. The number of carbonyl (C=O) groups is 2. The summed E-state index contributed by atoms with van der Waals surface area (Å²) in [6, 6.07) is 18.0. The van der Waals surface area contributed by atoms with Crippen LogP contribution in [0.1, 0.15) is 62.1 Å². The second kappa shape index (κ2) is 11.0. The summed E-state index contributed by atoms with van der Waals surface area (Å²) in [5.74, 6) is 0.0166. The molecule has 1 aliphatic rings. The normalized spacial score (nSPS) is 15.0. The third-order valence-corrected chi connectivity index (χ3v) is 5.91. The van der Waals surface area contributed by atoms with Crippen molar-refractivity contribution in [2.24, 2.45) is 0 Å². The highest BCUT2D eigenvalue weighted by Gasteiger charge is 2.31. The molecule has 1 fully saturated rings. The molecule has 160 valence electrons. The summed E-state index contributed by atoms with van der Waals surface area (Å²) in [5, 5.41) is 3.24. The van der Waals surface area contributed by atoms with Crippen LogP contribution < -0.4 is 5.32 Å². The molecule has 2 aromatic carbocycles. The van der Waals surface area contributed by atoms with Gasteiger partial charge in [0, 0.05) is 25.4 Å². The van der Waals surface area contributed by atoms with Crippen LogP contribution in [-0.4, -0.2) is 28.8 Å². The fourth-order valence-electron chi connectivity index (χ4n) is 4.17. The van der Waals surface area contributed by atoms with E-state index in [4.69, 9.17) is 0 Å². The first-order valence-corrected chi connectivity index (χ1v) is 11.3. The van der Waals surface area contributed by atoms with Gasteiger partial charge in [0.2, 0.25) is 11.8 Å². The second-order valence-electron chi connectivity index (χ2n) is 8.45.